The monoisotopic (exact) mass is 422 g/mol. The summed E-state index contributed by atoms with van der Waals surface area (Å²) in [5.74, 6) is 1.45. The minimum absolute atomic E-state index is 0.612. The lowest BCUT2D eigenvalue weighted by Gasteiger charge is -2.02. The molecule has 0 amide bonds. The van der Waals surface area contributed by atoms with Crippen LogP contribution >= 0.6 is 22.9 Å². The molecule has 2 aromatic carbocycles. The fourth-order valence-electron chi connectivity index (χ4n) is 2.97. The second-order valence-electron chi connectivity index (χ2n) is 6.26. The molecule has 5 rings (SSSR count). The average molecular weight is 423 g/mol. The number of benzene rings is 2. The zero-order chi connectivity index (χ0) is 19.8. The van der Waals surface area contributed by atoms with E-state index in [4.69, 9.17) is 21.4 Å². The number of ether oxygens (including phenoxy) is 1. The van der Waals surface area contributed by atoms with Crippen LogP contribution in [0.25, 0.3) is 38.3 Å². The van der Waals surface area contributed by atoms with Crippen molar-refractivity contribution in [3.8, 4) is 39.1 Å². The topological polar surface area (TPSA) is 81.0 Å². The van der Waals surface area contributed by atoms with Crippen LogP contribution in [0.5, 0.6) is 5.75 Å². The van der Waals surface area contributed by atoms with E-state index in [9.17, 15) is 0 Å². The molecule has 0 spiro atoms. The fraction of sp³-hybridized carbons (Fsp3) is 0.100. The number of hydrogen-bond acceptors (Lipinski definition) is 6. The molecule has 0 unspecified atom stereocenters. The molecule has 7 nitrogen and oxygen atoms in total. The maximum atomic E-state index is 5.96. The summed E-state index contributed by atoms with van der Waals surface area (Å²) in [5.41, 5.74) is 3.51. The van der Waals surface area contributed by atoms with E-state index in [0.29, 0.717) is 22.4 Å². The molecule has 5 aromatic rings. The van der Waals surface area contributed by atoms with Crippen molar-refractivity contribution in [3.05, 3.63) is 59.6 Å². The number of aromatic amines is 1. The van der Waals surface area contributed by atoms with Gasteiger partial charge in [-0.15, -0.1) is 10.2 Å². The number of nitrogens with zero attached hydrogens (tertiary/aromatic N) is 5. The van der Waals surface area contributed by atoms with Gasteiger partial charge in [0, 0.05) is 16.1 Å². The Labute approximate surface area is 175 Å². The van der Waals surface area contributed by atoms with Crippen LogP contribution in [0.15, 0.2) is 54.6 Å². The van der Waals surface area contributed by atoms with Crippen LogP contribution in [0.2, 0.25) is 5.02 Å². The zero-order valence-corrected chi connectivity index (χ0v) is 16.9. The lowest BCUT2D eigenvalue weighted by Crippen LogP contribution is -1.92. The Morgan fingerprint density at radius 1 is 1.03 bits per heavy atom. The van der Waals surface area contributed by atoms with Crippen molar-refractivity contribution in [3.63, 3.8) is 0 Å². The van der Waals surface area contributed by atoms with Gasteiger partial charge in [-0.2, -0.15) is 14.7 Å². The largest absolute Gasteiger partial charge is 0.494 e. The van der Waals surface area contributed by atoms with Crippen molar-refractivity contribution in [2.75, 3.05) is 6.61 Å². The van der Waals surface area contributed by atoms with Gasteiger partial charge in [-0.1, -0.05) is 35.1 Å². The summed E-state index contributed by atoms with van der Waals surface area (Å²) in [6, 6.07) is 17.3. The van der Waals surface area contributed by atoms with E-state index in [1.165, 1.54) is 11.3 Å². The highest BCUT2D eigenvalue weighted by atomic mass is 35.5. The third-order valence-corrected chi connectivity index (χ3v) is 5.56. The van der Waals surface area contributed by atoms with Crippen molar-refractivity contribution in [1.82, 2.24) is 30.0 Å². The predicted molar refractivity (Wildman–Crippen MR) is 113 cm³/mol. The molecule has 0 bridgehead atoms. The molecule has 144 valence electrons. The summed E-state index contributed by atoms with van der Waals surface area (Å²) in [7, 11) is 0. The summed E-state index contributed by atoms with van der Waals surface area (Å²) < 4.78 is 7.23. The van der Waals surface area contributed by atoms with Crippen LogP contribution in [-0.2, 0) is 0 Å². The molecule has 29 heavy (non-hydrogen) atoms. The fourth-order valence-corrected chi connectivity index (χ4v) is 3.94. The molecule has 0 fully saturated rings. The quantitative estimate of drug-likeness (QED) is 0.432. The normalized spacial score (nSPS) is 11.2. The Hall–Kier alpha value is -3.23. The van der Waals surface area contributed by atoms with Crippen molar-refractivity contribution in [2.45, 2.75) is 6.92 Å². The third kappa shape index (κ3) is 3.37. The van der Waals surface area contributed by atoms with Crippen molar-refractivity contribution >= 4 is 27.9 Å². The van der Waals surface area contributed by atoms with Crippen molar-refractivity contribution in [2.24, 2.45) is 0 Å². The van der Waals surface area contributed by atoms with Gasteiger partial charge in [-0.25, -0.2) is 0 Å². The molecule has 0 saturated carbocycles. The second-order valence-corrected chi connectivity index (χ2v) is 7.65. The Balaban J connectivity index is 1.48. The summed E-state index contributed by atoms with van der Waals surface area (Å²) >= 11 is 7.44. The van der Waals surface area contributed by atoms with Gasteiger partial charge < -0.3 is 4.74 Å². The molecule has 0 radical (unpaired) electrons. The number of H-pyrrole nitrogens is 1. The first-order chi connectivity index (χ1) is 14.2. The Kier molecular flexibility index (Phi) is 4.49. The Morgan fingerprint density at radius 2 is 1.79 bits per heavy atom. The van der Waals surface area contributed by atoms with Crippen LogP contribution in [0.3, 0.4) is 0 Å². The first kappa shape index (κ1) is 17.8. The number of hydrogen-bond donors (Lipinski definition) is 1. The van der Waals surface area contributed by atoms with Gasteiger partial charge in [0.15, 0.2) is 0 Å². The maximum Gasteiger partial charge on any atom is 0.235 e. The summed E-state index contributed by atoms with van der Waals surface area (Å²) in [5, 5.41) is 22.2. The molecule has 3 heterocycles. The molecule has 0 aliphatic rings. The van der Waals surface area contributed by atoms with Crippen LogP contribution in [-0.4, -0.2) is 36.6 Å². The molecule has 9 heteroatoms. The number of aromatic nitrogens is 6. The Morgan fingerprint density at radius 3 is 2.55 bits per heavy atom. The van der Waals surface area contributed by atoms with E-state index in [1.54, 1.807) is 4.52 Å². The van der Waals surface area contributed by atoms with E-state index in [2.05, 4.69) is 20.4 Å². The van der Waals surface area contributed by atoms with Gasteiger partial charge in [0.2, 0.25) is 10.8 Å². The highest BCUT2D eigenvalue weighted by Gasteiger charge is 2.17. The first-order valence-electron chi connectivity index (χ1n) is 8.98. The van der Waals surface area contributed by atoms with E-state index in [1.807, 2.05) is 61.5 Å². The van der Waals surface area contributed by atoms with E-state index in [-0.39, 0.29) is 0 Å². The van der Waals surface area contributed by atoms with Crippen LogP contribution < -0.4 is 4.74 Å². The number of nitrogens with one attached hydrogen (secondary N) is 1. The van der Waals surface area contributed by atoms with Gasteiger partial charge in [0.05, 0.1) is 12.3 Å². The molecule has 0 saturated heterocycles. The van der Waals surface area contributed by atoms with E-state index in [0.717, 1.165) is 33.3 Å². The third-order valence-electron chi connectivity index (χ3n) is 4.36. The molecule has 0 aliphatic heterocycles. The summed E-state index contributed by atoms with van der Waals surface area (Å²) in [4.78, 5) is 0.714. The smallest absolute Gasteiger partial charge is 0.235 e. The van der Waals surface area contributed by atoms with Crippen LogP contribution in [0.1, 0.15) is 6.92 Å². The molecular weight excluding hydrogens is 408 g/mol. The summed E-state index contributed by atoms with van der Waals surface area (Å²) in [6.45, 7) is 2.60. The van der Waals surface area contributed by atoms with Crippen molar-refractivity contribution in [1.29, 1.82) is 0 Å². The minimum atomic E-state index is 0.612. The average Bonchev–Trinajstić information content (AvgIpc) is 3.45. The van der Waals surface area contributed by atoms with Gasteiger partial charge >= 0.3 is 0 Å². The van der Waals surface area contributed by atoms with Gasteiger partial charge in [-0.3, -0.25) is 5.10 Å². The lowest BCUT2D eigenvalue weighted by atomic mass is 10.1. The highest BCUT2D eigenvalue weighted by molar-refractivity contribution is 7.19. The van der Waals surface area contributed by atoms with E-state index >= 15 is 0 Å². The zero-order valence-electron chi connectivity index (χ0n) is 15.3. The SMILES string of the molecule is CCOc1ccc(-c2nn3c(-c4cc(-c5ccc(Cl)cc5)n[nH]4)nnc3s2)cc1. The van der Waals surface area contributed by atoms with Gasteiger partial charge in [0.25, 0.3) is 0 Å². The van der Waals surface area contributed by atoms with Crippen LogP contribution in [0, 0.1) is 0 Å². The van der Waals surface area contributed by atoms with Gasteiger partial charge in [-0.05, 0) is 49.4 Å². The van der Waals surface area contributed by atoms with Crippen molar-refractivity contribution < 1.29 is 4.74 Å². The number of fused-ring (bicyclic) bond motifs is 1. The highest BCUT2D eigenvalue weighted by Crippen LogP contribution is 2.30. The number of halogens is 1. The molecule has 3 aromatic heterocycles. The van der Waals surface area contributed by atoms with Gasteiger partial charge in [0.1, 0.15) is 16.5 Å². The molecular formula is C20H15ClN6OS. The predicted octanol–water partition coefficient (Wildman–Crippen LogP) is 4.96. The second kappa shape index (κ2) is 7.31. The molecule has 0 atom stereocenters. The Bertz CT molecular complexity index is 1270. The standard InChI is InChI=1S/C20H15ClN6OS/c1-2-28-15-9-5-13(6-10-15)19-26-27-18(24-25-20(27)29-19)17-11-16(22-23-17)12-3-7-14(21)8-4-12/h3-11H,2H2,1H3,(H,22,23). The number of rotatable bonds is 5. The lowest BCUT2D eigenvalue weighted by molar-refractivity contribution is 0.340. The van der Waals surface area contributed by atoms with Crippen LogP contribution in [0.4, 0.5) is 0 Å². The first-order valence-corrected chi connectivity index (χ1v) is 10.2. The minimum Gasteiger partial charge on any atom is -0.494 e. The summed E-state index contributed by atoms with van der Waals surface area (Å²) in [6.07, 6.45) is 0. The van der Waals surface area contributed by atoms with E-state index < -0.39 is 0 Å². The molecule has 1 N–H and O–H groups in total. The maximum absolute atomic E-state index is 5.96. The molecule has 0 aliphatic carbocycles.